The van der Waals surface area contributed by atoms with Crippen LogP contribution in [0.2, 0.25) is 5.02 Å². The van der Waals surface area contributed by atoms with Crippen molar-refractivity contribution in [3.05, 3.63) is 34.6 Å². The van der Waals surface area contributed by atoms with Crippen molar-refractivity contribution in [1.82, 2.24) is 0 Å². The minimum Gasteiger partial charge on any atom is -0.392 e. The third kappa shape index (κ3) is 4.03. The topological polar surface area (TPSA) is 20.2 Å². The minimum absolute atomic E-state index is 0.128. The molecule has 19 heavy (non-hydrogen) atoms. The van der Waals surface area contributed by atoms with Gasteiger partial charge in [0.05, 0.1) is 11.1 Å². The van der Waals surface area contributed by atoms with Gasteiger partial charge in [-0.3, -0.25) is 0 Å². The molecule has 0 aliphatic carbocycles. The van der Waals surface area contributed by atoms with E-state index in [2.05, 4.69) is 13.8 Å². The smallest absolute Gasteiger partial charge is 0.142 e. The van der Waals surface area contributed by atoms with Gasteiger partial charge in [0.25, 0.3) is 0 Å². The summed E-state index contributed by atoms with van der Waals surface area (Å²) < 4.78 is 13.4. The van der Waals surface area contributed by atoms with E-state index in [4.69, 9.17) is 11.6 Å². The van der Waals surface area contributed by atoms with Gasteiger partial charge in [0, 0.05) is 21.5 Å². The van der Waals surface area contributed by atoms with Crippen LogP contribution in [0.5, 0.6) is 0 Å². The summed E-state index contributed by atoms with van der Waals surface area (Å²) >= 11 is 9.40. The maximum Gasteiger partial charge on any atom is 0.142 e. The summed E-state index contributed by atoms with van der Waals surface area (Å²) in [5, 5.41) is 11.8. The van der Waals surface area contributed by atoms with Crippen molar-refractivity contribution in [2.24, 2.45) is 0 Å². The second-order valence-corrected chi connectivity index (χ2v) is 8.38. The van der Waals surface area contributed by atoms with Gasteiger partial charge in [-0.05, 0) is 24.1 Å². The molecule has 106 valence electrons. The molecule has 0 spiro atoms. The largest absolute Gasteiger partial charge is 0.392 e. The second kappa shape index (κ2) is 6.70. The lowest BCUT2D eigenvalue weighted by molar-refractivity contribution is 0.177. The lowest BCUT2D eigenvalue weighted by Gasteiger charge is -2.33. The fourth-order valence-electron chi connectivity index (χ4n) is 2.05. The molecule has 1 saturated heterocycles. The van der Waals surface area contributed by atoms with Crippen LogP contribution in [-0.4, -0.2) is 32.7 Å². The van der Waals surface area contributed by atoms with Crippen LogP contribution in [0.3, 0.4) is 0 Å². The monoisotopic (exact) mass is 320 g/mol. The Bertz CT molecular complexity index is 443. The SMILES string of the molecule is CC1SCC(C(O)Cc2ccc(Cl)c(F)c2)SC1C. The highest BCUT2D eigenvalue weighted by Gasteiger charge is 2.30. The van der Waals surface area contributed by atoms with Crippen LogP contribution in [0, 0.1) is 5.82 Å². The molecule has 0 bridgehead atoms. The van der Waals surface area contributed by atoms with Crippen molar-refractivity contribution < 1.29 is 9.50 Å². The number of thioether (sulfide) groups is 2. The highest BCUT2D eigenvalue weighted by atomic mass is 35.5. The molecule has 1 aromatic carbocycles. The Hall–Kier alpha value is 0.1000. The molecule has 1 nitrogen and oxygen atoms in total. The zero-order valence-electron chi connectivity index (χ0n) is 11.0. The van der Waals surface area contributed by atoms with Gasteiger partial charge >= 0.3 is 0 Å². The molecule has 0 amide bonds. The summed E-state index contributed by atoms with van der Waals surface area (Å²) in [4.78, 5) is 0. The first-order valence-electron chi connectivity index (χ1n) is 6.36. The number of halogens is 2. The van der Waals surface area contributed by atoms with E-state index in [9.17, 15) is 9.50 Å². The van der Waals surface area contributed by atoms with E-state index in [1.54, 1.807) is 12.1 Å². The van der Waals surface area contributed by atoms with E-state index >= 15 is 0 Å². The molecule has 0 radical (unpaired) electrons. The fraction of sp³-hybridized carbons (Fsp3) is 0.571. The predicted octanol–water partition coefficient (Wildman–Crippen LogP) is 4.01. The molecule has 1 aromatic rings. The highest BCUT2D eigenvalue weighted by Crippen LogP contribution is 2.37. The van der Waals surface area contributed by atoms with Gasteiger partial charge in [0.1, 0.15) is 5.82 Å². The predicted molar refractivity (Wildman–Crippen MR) is 83.9 cm³/mol. The third-order valence-electron chi connectivity index (χ3n) is 3.43. The molecule has 0 saturated carbocycles. The van der Waals surface area contributed by atoms with Gasteiger partial charge in [-0.15, -0.1) is 0 Å². The Morgan fingerprint density at radius 2 is 2.16 bits per heavy atom. The number of aliphatic hydroxyl groups is 1. The fourth-order valence-corrected chi connectivity index (χ4v) is 5.18. The lowest BCUT2D eigenvalue weighted by atomic mass is 10.1. The zero-order valence-corrected chi connectivity index (χ0v) is 13.4. The van der Waals surface area contributed by atoms with Crippen LogP contribution in [0.1, 0.15) is 19.4 Å². The molecule has 0 aromatic heterocycles. The third-order valence-corrected chi connectivity index (χ3v) is 7.28. The van der Waals surface area contributed by atoms with Gasteiger partial charge < -0.3 is 5.11 Å². The first-order chi connectivity index (χ1) is 8.97. The van der Waals surface area contributed by atoms with Gasteiger partial charge in [0.2, 0.25) is 0 Å². The quantitative estimate of drug-likeness (QED) is 0.908. The Labute approximate surface area is 127 Å². The van der Waals surface area contributed by atoms with Crippen LogP contribution >= 0.6 is 35.1 Å². The molecular formula is C14H18ClFOS2. The molecule has 2 rings (SSSR count). The number of benzene rings is 1. The van der Waals surface area contributed by atoms with E-state index in [0.717, 1.165) is 11.3 Å². The van der Waals surface area contributed by atoms with E-state index in [1.165, 1.54) is 6.07 Å². The van der Waals surface area contributed by atoms with Crippen molar-refractivity contribution >= 4 is 35.1 Å². The summed E-state index contributed by atoms with van der Waals surface area (Å²) in [7, 11) is 0. The van der Waals surface area contributed by atoms with Crippen LogP contribution in [-0.2, 0) is 6.42 Å². The Morgan fingerprint density at radius 1 is 1.42 bits per heavy atom. The van der Waals surface area contributed by atoms with E-state index in [1.807, 2.05) is 23.5 Å². The minimum atomic E-state index is -0.437. The highest BCUT2D eigenvalue weighted by molar-refractivity contribution is 8.07. The average molecular weight is 321 g/mol. The zero-order chi connectivity index (χ0) is 14.0. The maximum atomic E-state index is 13.4. The van der Waals surface area contributed by atoms with Crippen LogP contribution in [0.4, 0.5) is 4.39 Å². The summed E-state index contributed by atoms with van der Waals surface area (Å²) in [6, 6.07) is 4.74. The van der Waals surface area contributed by atoms with Gasteiger partial charge in [-0.2, -0.15) is 23.5 Å². The average Bonchev–Trinajstić information content (AvgIpc) is 2.37. The molecular weight excluding hydrogens is 303 g/mol. The van der Waals surface area contributed by atoms with Crippen molar-refractivity contribution in [3.63, 3.8) is 0 Å². The Balaban J connectivity index is 1.97. The van der Waals surface area contributed by atoms with Crippen molar-refractivity contribution in [2.75, 3.05) is 5.75 Å². The first kappa shape index (κ1) is 15.5. The number of rotatable bonds is 3. The number of hydrogen-bond donors (Lipinski definition) is 1. The Morgan fingerprint density at radius 3 is 2.79 bits per heavy atom. The van der Waals surface area contributed by atoms with Crippen LogP contribution in [0.15, 0.2) is 18.2 Å². The normalized spacial score (nSPS) is 29.2. The van der Waals surface area contributed by atoms with Crippen molar-refractivity contribution in [1.29, 1.82) is 0 Å². The summed E-state index contributed by atoms with van der Waals surface area (Å²) in [5.41, 5.74) is 0.797. The molecule has 4 unspecified atom stereocenters. The number of hydrogen-bond acceptors (Lipinski definition) is 3. The molecule has 1 N–H and O–H groups in total. The molecule has 1 aliphatic heterocycles. The van der Waals surface area contributed by atoms with Crippen LogP contribution in [0.25, 0.3) is 0 Å². The van der Waals surface area contributed by atoms with Gasteiger partial charge in [0.15, 0.2) is 0 Å². The molecule has 1 heterocycles. The van der Waals surface area contributed by atoms with Crippen molar-refractivity contribution in [2.45, 2.75) is 42.1 Å². The second-order valence-electron chi connectivity index (χ2n) is 4.94. The van der Waals surface area contributed by atoms with E-state index in [0.29, 0.717) is 16.9 Å². The maximum absolute atomic E-state index is 13.4. The van der Waals surface area contributed by atoms with Gasteiger partial charge in [-0.25, -0.2) is 4.39 Å². The molecule has 5 heteroatoms. The molecule has 1 aliphatic rings. The Kier molecular flexibility index (Phi) is 5.46. The van der Waals surface area contributed by atoms with E-state index < -0.39 is 11.9 Å². The summed E-state index contributed by atoms with van der Waals surface area (Å²) in [5.74, 6) is 0.534. The van der Waals surface area contributed by atoms with Crippen LogP contribution < -0.4 is 0 Å². The summed E-state index contributed by atoms with van der Waals surface area (Å²) in [6.45, 7) is 4.42. The van der Waals surface area contributed by atoms with Gasteiger partial charge in [-0.1, -0.05) is 31.5 Å². The lowest BCUT2D eigenvalue weighted by Crippen LogP contribution is -2.35. The summed E-state index contributed by atoms with van der Waals surface area (Å²) in [6.07, 6.45) is 0.0426. The van der Waals surface area contributed by atoms with E-state index in [-0.39, 0.29) is 10.3 Å². The molecule has 4 atom stereocenters. The standard InChI is InChI=1S/C14H18ClFOS2/c1-8-9(2)19-14(7-18-8)13(17)6-10-3-4-11(15)12(16)5-10/h3-5,8-9,13-14,17H,6-7H2,1-2H3. The van der Waals surface area contributed by atoms with Crippen molar-refractivity contribution in [3.8, 4) is 0 Å². The molecule has 1 fully saturated rings. The first-order valence-corrected chi connectivity index (χ1v) is 8.73. The number of aliphatic hydroxyl groups excluding tert-OH is 1.